The van der Waals surface area contributed by atoms with Gasteiger partial charge < -0.3 is 15.0 Å². The molecule has 4 heteroatoms. The standard InChI is InChI=1S/C24H21N3O/c1-4-28-19-11-9-18(10-12-19)27-15-22(20-6-5-7-23(25)16(20)2)21-14-17(26-3)8-13-24(21)27/h5-15H,4,25H2,1-2H3. The van der Waals surface area contributed by atoms with Crippen molar-refractivity contribution < 1.29 is 4.74 Å². The smallest absolute Gasteiger partial charge is 0.188 e. The minimum atomic E-state index is 0.625. The fraction of sp³-hybridized carbons (Fsp3) is 0.125. The summed E-state index contributed by atoms with van der Waals surface area (Å²) in [6.07, 6.45) is 2.12. The van der Waals surface area contributed by atoms with Gasteiger partial charge in [-0.15, -0.1) is 0 Å². The number of nitrogens with zero attached hydrogens (tertiary/aromatic N) is 2. The van der Waals surface area contributed by atoms with Gasteiger partial charge in [0, 0.05) is 23.1 Å². The molecule has 1 aromatic heterocycles. The first-order chi connectivity index (χ1) is 13.6. The molecule has 0 amide bonds. The van der Waals surface area contributed by atoms with E-state index in [4.69, 9.17) is 17.0 Å². The van der Waals surface area contributed by atoms with Crippen LogP contribution in [0.2, 0.25) is 0 Å². The molecule has 4 nitrogen and oxygen atoms in total. The van der Waals surface area contributed by atoms with Crippen molar-refractivity contribution in [2.45, 2.75) is 13.8 Å². The Morgan fingerprint density at radius 3 is 2.54 bits per heavy atom. The van der Waals surface area contributed by atoms with Crippen LogP contribution in [0.15, 0.2) is 66.9 Å². The molecule has 0 saturated heterocycles. The third-order valence-corrected chi connectivity index (χ3v) is 5.01. The van der Waals surface area contributed by atoms with Crippen LogP contribution in [0.1, 0.15) is 12.5 Å². The van der Waals surface area contributed by atoms with Crippen LogP contribution >= 0.6 is 0 Å². The quantitative estimate of drug-likeness (QED) is 0.348. The van der Waals surface area contributed by atoms with Crippen LogP contribution in [-0.4, -0.2) is 11.2 Å². The summed E-state index contributed by atoms with van der Waals surface area (Å²) >= 11 is 0. The highest BCUT2D eigenvalue weighted by atomic mass is 16.5. The van der Waals surface area contributed by atoms with Crippen molar-refractivity contribution >= 4 is 22.3 Å². The van der Waals surface area contributed by atoms with E-state index in [-0.39, 0.29) is 0 Å². The molecule has 3 aromatic carbocycles. The van der Waals surface area contributed by atoms with Gasteiger partial charge in [-0.2, -0.15) is 0 Å². The number of rotatable bonds is 4. The molecule has 2 N–H and O–H groups in total. The van der Waals surface area contributed by atoms with E-state index in [2.05, 4.69) is 21.7 Å². The molecule has 1 heterocycles. The van der Waals surface area contributed by atoms with Gasteiger partial charge in [-0.25, -0.2) is 4.85 Å². The first-order valence-electron chi connectivity index (χ1n) is 9.23. The molecular weight excluding hydrogens is 346 g/mol. The highest BCUT2D eigenvalue weighted by molar-refractivity contribution is 6.00. The van der Waals surface area contributed by atoms with Crippen molar-refractivity contribution in [3.63, 3.8) is 0 Å². The average Bonchev–Trinajstić information content (AvgIpc) is 3.09. The molecule has 0 bridgehead atoms. The van der Waals surface area contributed by atoms with Crippen LogP contribution in [-0.2, 0) is 0 Å². The van der Waals surface area contributed by atoms with E-state index in [0.29, 0.717) is 12.3 Å². The van der Waals surface area contributed by atoms with Gasteiger partial charge in [-0.3, -0.25) is 0 Å². The van der Waals surface area contributed by atoms with Crippen LogP contribution in [0, 0.1) is 13.5 Å². The zero-order valence-corrected chi connectivity index (χ0v) is 15.9. The number of nitrogen functional groups attached to an aromatic ring is 1. The molecule has 0 fully saturated rings. The van der Waals surface area contributed by atoms with E-state index in [0.717, 1.165) is 44.7 Å². The fourth-order valence-electron chi connectivity index (χ4n) is 3.53. The molecule has 0 aliphatic carbocycles. The second kappa shape index (κ2) is 7.13. The zero-order valence-electron chi connectivity index (χ0n) is 15.9. The molecule has 4 aromatic rings. The summed E-state index contributed by atoms with van der Waals surface area (Å²) in [5.74, 6) is 0.852. The SMILES string of the molecule is [C-]#[N+]c1ccc2c(c1)c(-c1cccc(N)c1C)cn2-c1ccc(OCC)cc1. The summed E-state index contributed by atoms with van der Waals surface area (Å²) in [5, 5.41) is 1.04. The lowest BCUT2D eigenvalue weighted by Crippen LogP contribution is -1.94. The minimum absolute atomic E-state index is 0.625. The summed E-state index contributed by atoms with van der Waals surface area (Å²) < 4.78 is 7.71. The number of fused-ring (bicyclic) bond motifs is 1. The van der Waals surface area contributed by atoms with Gasteiger partial charge in [0.15, 0.2) is 5.69 Å². The molecule has 0 atom stereocenters. The number of benzene rings is 3. The molecule has 0 saturated carbocycles. The number of hydrogen-bond acceptors (Lipinski definition) is 2. The van der Waals surface area contributed by atoms with E-state index in [1.54, 1.807) is 0 Å². The Morgan fingerprint density at radius 2 is 1.82 bits per heavy atom. The van der Waals surface area contributed by atoms with Crippen molar-refractivity contribution in [3.8, 4) is 22.6 Å². The molecule has 28 heavy (non-hydrogen) atoms. The van der Waals surface area contributed by atoms with Crippen molar-refractivity contribution in [2.24, 2.45) is 0 Å². The monoisotopic (exact) mass is 367 g/mol. The summed E-state index contributed by atoms with van der Waals surface area (Å²) in [4.78, 5) is 3.61. The van der Waals surface area contributed by atoms with Gasteiger partial charge in [-0.05, 0) is 72.8 Å². The lowest BCUT2D eigenvalue weighted by Gasteiger charge is -2.08. The number of nitrogens with two attached hydrogens (primary N) is 1. The fourth-order valence-corrected chi connectivity index (χ4v) is 3.53. The lowest BCUT2D eigenvalue weighted by atomic mass is 9.99. The molecule has 0 radical (unpaired) electrons. The molecule has 0 aliphatic rings. The third-order valence-electron chi connectivity index (χ3n) is 5.01. The van der Waals surface area contributed by atoms with Crippen LogP contribution in [0.5, 0.6) is 5.75 Å². The minimum Gasteiger partial charge on any atom is -0.494 e. The predicted molar refractivity (Wildman–Crippen MR) is 115 cm³/mol. The average molecular weight is 367 g/mol. The van der Waals surface area contributed by atoms with Gasteiger partial charge in [-0.1, -0.05) is 18.2 Å². The van der Waals surface area contributed by atoms with Crippen molar-refractivity contribution in [1.29, 1.82) is 0 Å². The predicted octanol–water partition coefficient (Wildman–Crippen LogP) is 6.14. The Kier molecular flexibility index (Phi) is 4.50. The second-order valence-corrected chi connectivity index (χ2v) is 6.67. The number of aromatic nitrogens is 1. The summed E-state index contributed by atoms with van der Waals surface area (Å²) in [5.41, 5.74) is 12.8. The lowest BCUT2D eigenvalue weighted by molar-refractivity contribution is 0.340. The largest absolute Gasteiger partial charge is 0.494 e. The number of hydrogen-bond donors (Lipinski definition) is 1. The molecule has 138 valence electrons. The van der Waals surface area contributed by atoms with Crippen LogP contribution in [0.25, 0.3) is 32.6 Å². The van der Waals surface area contributed by atoms with Crippen molar-refractivity contribution in [2.75, 3.05) is 12.3 Å². The number of ether oxygens (including phenoxy) is 1. The van der Waals surface area contributed by atoms with Crippen LogP contribution in [0.4, 0.5) is 11.4 Å². The zero-order chi connectivity index (χ0) is 19.7. The van der Waals surface area contributed by atoms with E-state index < -0.39 is 0 Å². The Morgan fingerprint density at radius 1 is 1.04 bits per heavy atom. The summed E-state index contributed by atoms with van der Waals surface area (Å²) in [7, 11) is 0. The maximum Gasteiger partial charge on any atom is 0.188 e. The van der Waals surface area contributed by atoms with Gasteiger partial charge in [0.25, 0.3) is 0 Å². The van der Waals surface area contributed by atoms with E-state index in [9.17, 15) is 0 Å². The highest BCUT2D eigenvalue weighted by Gasteiger charge is 2.14. The third kappa shape index (κ3) is 2.97. The second-order valence-electron chi connectivity index (χ2n) is 6.67. The molecule has 0 aliphatic heterocycles. The normalized spacial score (nSPS) is 10.8. The summed E-state index contributed by atoms with van der Waals surface area (Å²) in [6, 6.07) is 19.8. The van der Waals surface area contributed by atoms with Crippen LogP contribution in [0.3, 0.4) is 0 Å². The molecule has 0 unspecified atom stereocenters. The Bertz CT molecular complexity index is 1200. The first-order valence-corrected chi connectivity index (χ1v) is 9.23. The summed E-state index contributed by atoms with van der Waals surface area (Å²) in [6.45, 7) is 12.0. The van der Waals surface area contributed by atoms with Crippen LogP contribution < -0.4 is 10.5 Å². The van der Waals surface area contributed by atoms with Gasteiger partial charge in [0.05, 0.1) is 18.7 Å². The molecular formula is C24H21N3O. The molecule has 4 rings (SSSR count). The number of anilines is 1. The van der Waals surface area contributed by atoms with Gasteiger partial charge in [0.1, 0.15) is 5.75 Å². The highest BCUT2D eigenvalue weighted by Crippen LogP contribution is 2.37. The Hall–Kier alpha value is -3.71. The molecule has 0 spiro atoms. The Labute approximate surface area is 164 Å². The van der Waals surface area contributed by atoms with E-state index in [1.807, 2.05) is 68.4 Å². The topological polar surface area (TPSA) is 44.5 Å². The maximum atomic E-state index is 7.39. The van der Waals surface area contributed by atoms with Crippen molar-refractivity contribution in [3.05, 3.63) is 83.8 Å². The van der Waals surface area contributed by atoms with Crippen molar-refractivity contribution in [1.82, 2.24) is 4.57 Å². The van der Waals surface area contributed by atoms with Gasteiger partial charge >= 0.3 is 0 Å². The van der Waals surface area contributed by atoms with E-state index >= 15 is 0 Å². The van der Waals surface area contributed by atoms with E-state index in [1.165, 1.54) is 0 Å². The Balaban J connectivity index is 1.96. The first kappa shape index (κ1) is 17.7. The maximum absolute atomic E-state index is 7.39. The van der Waals surface area contributed by atoms with Gasteiger partial charge in [0.2, 0.25) is 0 Å².